The van der Waals surface area contributed by atoms with Gasteiger partial charge in [-0.05, 0) is 70.0 Å². The zero-order valence-electron chi connectivity index (χ0n) is 21.4. The molecule has 0 atom stereocenters. The minimum atomic E-state index is -3.58. The fourth-order valence-electron chi connectivity index (χ4n) is 4.90. The number of nitrogens with zero attached hydrogens (tertiary/aromatic N) is 3. The molecule has 2 aliphatic heterocycles. The van der Waals surface area contributed by atoms with Crippen LogP contribution < -0.4 is 5.32 Å². The van der Waals surface area contributed by atoms with Crippen molar-refractivity contribution in [2.24, 2.45) is 0 Å². The first kappa shape index (κ1) is 26.8. The Morgan fingerprint density at radius 1 is 1.00 bits per heavy atom. The fraction of sp³-hybridized carbons (Fsp3) is 0.538. The van der Waals surface area contributed by atoms with Gasteiger partial charge in [-0.3, -0.25) is 9.59 Å². The first-order chi connectivity index (χ1) is 17.3. The first-order valence-electron chi connectivity index (χ1n) is 12.8. The monoisotopic (exact) mass is 532 g/mol. The van der Waals surface area contributed by atoms with Crippen molar-refractivity contribution in [3.63, 3.8) is 0 Å². The molecule has 1 fully saturated rings. The van der Waals surface area contributed by atoms with Crippen molar-refractivity contribution in [3.05, 3.63) is 45.8 Å². The molecule has 0 spiro atoms. The summed E-state index contributed by atoms with van der Waals surface area (Å²) in [5.41, 5.74) is 1.99. The first-order valence-corrected chi connectivity index (χ1v) is 15.1. The van der Waals surface area contributed by atoms with Gasteiger partial charge in [0.2, 0.25) is 10.0 Å². The van der Waals surface area contributed by atoms with Gasteiger partial charge < -0.3 is 15.1 Å². The van der Waals surface area contributed by atoms with Crippen LogP contribution in [0, 0.1) is 0 Å². The minimum absolute atomic E-state index is 0.0590. The van der Waals surface area contributed by atoms with Gasteiger partial charge in [0.25, 0.3) is 11.8 Å². The largest absolute Gasteiger partial charge is 0.339 e. The summed E-state index contributed by atoms with van der Waals surface area (Å²) in [5.74, 6) is -0.412. The number of hydrogen-bond acceptors (Lipinski definition) is 6. The molecular weight excluding hydrogens is 496 g/mol. The van der Waals surface area contributed by atoms with Gasteiger partial charge in [-0.1, -0.05) is 12.8 Å². The van der Waals surface area contributed by atoms with Crippen molar-refractivity contribution >= 4 is 38.2 Å². The third-order valence-electron chi connectivity index (χ3n) is 7.06. The maximum atomic E-state index is 13.4. The van der Waals surface area contributed by atoms with Gasteiger partial charge in [-0.25, -0.2) is 8.42 Å². The van der Waals surface area contributed by atoms with Crippen LogP contribution in [0.25, 0.3) is 0 Å². The van der Waals surface area contributed by atoms with Gasteiger partial charge in [0, 0.05) is 49.7 Å². The predicted octanol–water partition coefficient (Wildman–Crippen LogP) is 4.04. The molecule has 0 radical (unpaired) electrons. The molecule has 1 aromatic carbocycles. The maximum absolute atomic E-state index is 13.4. The number of carbonyl (C=O) groups is 2. The molecule has 1 N–H and O–H groups in total. The standard InChI is InChI=1S/C26H36N4O4S2/c1-4-29(5-2)26(32)23-21-14-17-28(3)18-22(21)35-25(23)27-24(31)19-10-12-20(13-11-19)36(33,34)30-15-8-6-7-9-16-30/h10-13H,4-9,14-18H2,1-3H3,(H,27,31). The van der Waals surface area contributed by atoms with Gasteiger partial charge in [-0.15, -0.1) is 11.3 Å². The van der Waals surface area contributed by atoms with Crippen molar-refractivity contribution < 1.29 is 18.0 Å². The lowest BCUT2D eigenvalue weighted by Crippen LogP contribution is -2.33. The third kappa shape index (κ3) is 5.51. The normalized spacial score (nSPS) is 17.3. The number of anilines is 1. The van der Waals surface area contributed by atoms with E-state index < -0.39 is 10.0 Å². The van der Waals surface area contributed by atoms with E-state index in [4.69, 9.17) is 0 Å². The molecule has 0 bridgehead atoms. The van der Waals surface area contributed by atoms with Gasteiger partial charge in [0.1, 0.15) is 5.00 Å². The molecule has 196 valence electrons. The average Bonchev–Trinajstić information content (AvgIpc) is 3.02. The van der Waals surface area contributed by atoms with Crippen LogP contribution in [-0.2, 0) is 23.0 Å². The second-order valence-electron chi connectivity index (χ2n) is 9.47. The number of benzene rings is 1. The average molecular weight is 533 g/mol. The van der Waals surface area contributed by atoms with Crippen molar-refractivity contribution in [1.29, 1.82) is 0 Å². The summed E-state index contributed by atoms with van der Waals surface area (Å²) in [6.45, 7) is 7.78. The number of fused-ring (bicyclic) bond motifs is 1. The van der Waals surface area contributed by atoms with Crippen LogP contribution >= 0.6 is 11.3 Å². The van der Waals surface area contributed by atoms with E-state index in [1.165, 1.54) is 23.5 Å². The molecule has 8 nitrogen and oxygen atoms in total. The van der Waals surface area contributed by atoms with Gasteiger partial charge >= 0.3 is 0 Å². The number of hydrogen-bond donors (Lipinski definition) is 1. The Morgan fingerprint density at radius 2 is 1.64 bits per heavy atom. The number of sulfonamides is 1. The van der Waals surface area contributed by atoms with Crippen LogP contribution in [0.4, 0.5) is 5.00 Å². The van der Waals surface area contributed by atoms with Crippen LogP contribution in [0.5, 0.6) is 0 Å². The molecule has 36 heavy (non-hydrogen) atoms. The molecule has 1 saturated heterocycles. The van der Waals surface area contributed by atoms with E-state index in [0.717, 1.165) is 55.6 Å². The lowest BCUT2D eigenvalue weighted by atomic mass is 10.0. The van der Waals surface area contributed by atoms with E-state index in [9.17, 15) is 18.0 Å². The summed E-state index contributed by atoms with van der Waals surface area (Å²) in [4.78, 5) is 31.9. The van der Waals surface area contributed by atoms with Crippen LogP contribution in [-0.4, -0.2) is 74.1 Å². The second kappa shape index (κ2) is 11.4. The molecule has 1 aromatic heterocycles. The van der Waals surface area contributed by atoms with E-state index in [-0.39, 0.29) is 16.7 Å². The van der Waals surface area contributed by atoms with Crippen molar-refractivity contribution in [2.45, 2.75) is 57.4 Å². The summed E-state index contributed by atoms with van der Waals surface area (Å²) >= 11 is 1.46. The lowest BCUT2D eigenvalue weighted by Gasteiger charge is -2.24. The fourth-order valence-corrected chi connectivity index (χ4v) is 7.73. The number of thiophene rings is 1. The van der Waals surface area contributed by atoms with E-state index >= 15 is 0 Å². The van der Waals surface area contributed by atoms with E-state index in [1.807, 2.05) is 20.9 Å². The van der Waals surface area contributed by atoms with Crippen LogP contribution in [0.1, 0.15) is 70.7 Å². The highest BCUT2D eigenvalue weighted by Crippen LogP contribution is 2.38. The molecule has 2 aliphatic rings. The Balaban J connectivity index is 1.57. The van der Waals surface area contributed by atoms with E-state index in [0.29, 0.717) is 42.3 Å². The third-order valence-corrected chi connectivity index (χ3v) is 10.1. The van der Waals surface area contributed by atoms with E-state index in [2.05, 4.69) is 10.2 Å². The van der Waals surface area contributed by atoms with Crippen LogP contribution in [0.2, 0.25) is 0 Å². The highest BCUT2D eigenvalue weighted by Gasteiger charge is 2.30. The Bertz CT molecular complexity index is 1200. The maximum Gasteiger partial charge on any atom is 0.257 e. The molecular formula is C26H36N4O4S2. The SMILES string of the molecule is CCN(CC)C(=O)c1c(NC(=O)c2ccc(S(=O)(=O)N3CCCCCC3)cc2)sc2c1CCN(C)C2. The smallest absolute Gasteiger partial charge is 0.257 e. The summed E-state index contributed by atoms with van der Waals surface area (Å²) < 4.78 is 27.7. The minimum Gasteiger partial charge on any atom is -0.339 e. The Labute approximate surface area is 218 Å². The summed E-state index contributed by atoms with van der Waals surface area (Å²) in [6.07, 6.45) is 4.60. The molecule has 0 unspecified atom stereocenters. The zero-order chi connectivity index (χ0) is 25.9. The molecule has 4 rings (SSSR count). The topological polar surface area (TPSA) is 90.0 Å². The lowest BCUT2D eigenvalue weighted by molar-refractivity contribution is 0.0772. The summed E-state index contributed by atoms with van der Waals surface area (Å²) in [6, 6.07) is 6.11. The van der Waals surface area contributed by atoms with E-state index in [1.54, 1.807) is 21.3 Å². The zero-order valence-corrected chi connectivity index (χ0v) is 23.0. The number of carbonyl (C=O) groups excluding carboxylic acids is 2. The second-order valence-corrected chi connectivity index (χ2v) is 12.5. The highest BCUT2D eigenvalue weighted by molar-refractivity contribution is 7.89. The van der Waals surface area contributed by atoms with Gasteiger partial charge in [0.05, 0.1) is 10.5 Å². The molecule has 0 aliphatic carbocycles. The van der Waals surface area contributed by atoms with Gasteiger partial charge in [0.15, 0.2) is 0 Å². The van der Waals surface area contributed by atoms with Crippen LogP contribution in [0.15, 0.2) is 29.2 Å². The Kier molecular flexibility index (Phi) is 8.49. The number of amides is 2. The highest BCUT2D eigenvalue weighted by atomic mass is 32.2. The summed E-state index contributed by atoms with van der Waals surface area (Å²) in [5, 5.41) is 3.53. The molecule has 3 heterocycles. The summed E-state index contributed by atoms with van der Waals surface area (Å²) in [7, 11) is -1.53. The molecule has 2 amide bonds. The predicted molar refractivity (Wildman–Crippen MR) is 143 cm³/mol. The Morgan fingerprint density at radius 3 is 2.25 bits per heavy atom. The van der Waals surface area contributed by atoms with Gasteiger partial charge in [-0.2, -0.15) is 4.31 Å². The number of nitrogens with one attached hydrogen (secondary N) is 1. The van der Waals surface area contributed by atoms with Crippen molar-refractivity contribution in [1.82, 2.24) is 14.1 Å². The van der Waals surface area contributed by atoms with Crippen LogP contribution in [0.3, 0.4) is 0 Å². The molecule has 0 saturated carbocycles. The molecule has 10 heteroatoms. The van der Waals surface area contributed by atoms with Crippen molar-refractivity contribution in [2.75, 3.05) is 45.1 Å². The Hall–Kier alpha value is -2.27. The van der Waals surface area contributed by atoms with Crippen molar-refractivity contribution in [3.8, 4) is 0 Å². The molecule has 2 aromatic rings. The number of rotatable bonds is 7. The quantitative estimate of drug-likeness (QED) is 0.582. The number of likely N-dealkylation sites (N-methyl/N-ethyl adjacent to an activating group) is 1.